The lowest BCUT2D eigenvalue weighted by Gasteiger charge is -2.12. The summed E-state index contributed by atoms with van der Waals surface area (Å²) in [5.41, 5.74) is 0.346. The van der Waals surface area contributed by atoms with Gasteiger partial charge >= 0.3 is 5.97 Å². The monoisotopic (exact) mass is 446 g/mol. The number of phenolic OH excluding ortho intramolecular Hbond substituents is 4. The van der Waals surface area contributed by atoms with Gasteiger partial charge in [0.05, 0.1) is 22.9 Å². The molecule has 0 aliphatic heterocycles. The number of aromatic hydroxyl groups is 4. The topological polar surface area (TPSA) is 166 Å². The Morgan fingerprint density at radius 1 is 0.939 bits per heavy atom. The summed E-state index contributed by atoms with van der Waals surface area (Å²) in [4.78, 5) is 33.1. The zero-order valence-electron chi connectivity index (χ0n) is 16.6. The van der Waals surface area contributed by atoms with Crippen LogP contribution < -0.4 is 10.2 Å². The second-order valence-corrected chi connectivity index (χ2v) is 7.15. The fourth-order valence-corrected chi connectivity index (χ4v) is 3.43. The maximum Gasteiger partial charge on any atom is 0.343 e. The molecular formula is C23H14N2O8. The number of esters is 1. The molecule has 0 bridgehead atoms. The lowest BCUT2D eigenvalue weighted by molar-refractivity contribution is 0.0731. The molecule has 5 N–H and O–H groups in total. The third-order valence-electron chi connectivity index (χ3n) is 5.01. The van der Waals surface area contributed by atoms with E-state index in [0.29, 0.717) is 11.0 Å². The highest BCUT2D eigenvalue weighted by molar-refractivity contribution is 5.96. The molecule has 5 aromatic rings. The van der Waals surface area contributed by atoms with Crippen LogP contribution >= 0.6 is 0 Å². The second-order valence-electron chi connectivity index (χ2n) is 7.15. The van der Waals surface area contributed by atoms with Crippen LogP contribution in [0.2, 0.25) is 0 Å². The van der Waals surface area contributed by atoms with Crippen LogP contribution in [0.1, 0.15) is 10.4 Å². The minimum atomic E-state index is -0.888. The summed E-state index contributed by atoms with van der Waals surface area (Å²) in [6.45, 7) is 0. The molecule has 0 amide bonds. The van der Waals surface area contributed by atoms with Crippen LogP contribution in [0.15, 0.2) is 64.1 Å². The first-order valence-corrected chi connectivity index (χ1v) is 9.52. The molecule has 0 saturated heterocycles. The summed E-state index contributed by atoms with van der Waals surface area (Å²) >= 11 is 0. The van der Waals surface area contributed by atoms with Crippen LogP contribution in [0.5, 0.6) is 28.7 Å². The highest BCUT2D eigenvalue weighted by Gasteiger charge is 2.24. The molecule has 0 aliphatic carbocycles. The van der Waals surface area contributed by atoms with Crippen LogP contribution in [0.3, 0.4) is 0 Å². The number of hydrogen-bond donors (Lipinski definition) is 5. The number of hydrogen-bond acceptors (Lipinski definition) is 9. The molecule has 0 spiro atoms. The van der Waals surface area contributed by atoms with Crippen molar-refractivity contribution in [1.29, 1.82) is 0 Å². The number of aromatic amines is 1. The molecule has 2 aromatic heterocycles. The van der Waals surface area contributed by atoms with Gasteiger partial charge in [-0.05, 0) is 36.4 Å². The Morgan fingerprint density at radius 3 is 2.55 bits per heavy atom. The van der Waals surface area contributed by atoms with Crippen LogP contribution in [-0.4, -0.2) is 36.4 Å². The van der Waals surface area contributed by atoms with Gasteiger partial charge in [0.15, 0.2) is 17.3 Å². The lowest BCUT2D eigenvalue weighted by atomic mass is 10.1. The van der Waals surface area contributed by atoms with E-state index in [1.807, 2.05) is 0 Å². The van der Waals surface area contributed by atoms with Gasteiger partial charge in [0, 0.05) is 17.7 Å². The number of nitrogens with zero attached hydrogens (tertiary/aromatic N) is 1. The maximum absolute atomic E-state index is 13.2. The molecule has 0 radical (unpaired) electrons. The SMILES string of the molecule is O=C(Oc1c(-c2ccc(O)c(O)c2)oc2cc(O)cc(O)c2c1=O)c1ccc2nc[nH]c2c1. The quantitative estimate of drug-likeness (QED) is 0.206. The van der Waals surface area contributed by atoms with E-state index in [-0.39, 0.29) is 33.6 Å². The van der Waals surface area contributed by atoms with Crippen molar-refractivity contribution in [3.05, 3.63) is 70.6 Å². The molecule has 5 rings (SSSR count). The average Bonchev–Trinajstić information content (AvgIpc) is 3.24. The standard InChI is InChI=1S/C23H14N2O8/c26-12-7-17(29)19-18(8-12)32-21(10-2-4-15(27)16(28)6-10)22(20(19)30)33-23(31)11-1-3-13-14(5-11)25-9-24-13/h1-9,26-29H,(H,24,25). The Kier molecular flexibility index (Phi) is 4.42. The molecular weight excluding hydrogens is 432 g/mol. The molecule has 2 heterocycles. The first kappa shape index (κ1) is 19.9. The van der Waals surface area contributed by atoms with E-state index in [2.05, 4.69) is 9.97 Å². The van der Waals surface area contributed by atoms with Gasteiger partial charge in [-0.2, -0.15) is 0 Å². The zero-order chi connectivity index (χ0) is 23.3. The Bertz CT molecular complexity index is 1630. The molecule has 10 heteroatoms. The number of rotatable bonds is 3. The van der Waals surface area contributed by atoms with E-state index in [1.54, 1.807) is 6.07 Å². The van der Waals surface area contributed by atoms with Gasteiger partial charge in [-0.25, -0.2) is 9.78 Å². The minimum absolute atomic E-state index is 0.0963. The summed E-state index contributed by atoms with van der Waals surface area (Å²) in [7, 11) is 0. The number of imidazole rings is 1. The summed E-state index contributed by atoms with van der Waals surface area (Å²) in [5.74, 6) is -3.55. The number of carbonyl (C=O) groups excluding carboxylic acids is 1. The van der Waals surface area contributed by atoms with Crippen molar-refractivity contribution in [1.82, 2.24) is 9.97 Å². The van der Waals surface area contributed by atoms with Crippen LogP contribution in [0.4, 0.5) is 0 Å². The summed E-state index contributed by atoms with van der Waals surface area (Å²) in [5, 5.41) is 39.2. The van der Waals surface area contributed by atoms with Crippen LogP contribution in [0.25, 0.3) is 33.3 Å². The molecule has 164 valence electrons. The van der Waals surface area contributed by atoms with E-state index >= 15 is 0 Å². The van der Waals surface area contributed by atoms with Crippen molar-refractivity contribution < 1.29 is 34.4 Å². The fourth-order valence-electron chi connectivity index (χ4n) is 3.43. The number of H-pyrrole nitrogens is 1. The second kappa shape index (κ2) is 7.31. The van der Waals surface area contributed by atoms with Crippen LogP contribution in [0, 0.1) is 0 Å². The van der Waals surface area contributed by atoms with Crippen molar-refractivity contribution >= 4 is 28.0 Å². The van der Waals surface area contributed by atoms with Crippen LogP contribution in [-0.2, 0) is 0 Å². The number of carbonyl (C=O) groups is 1. The molecule has 0 saturated carbocycles. The lowest BCUT2D eigenvalue weighted by Crippen LogP contribution is -2.16. The number of nitrogens with one attached hydrogen (secondary N) is 1. The van der Waals surface area contributed by atoms with Gasteiger partial charge in [-0.3, -0.25) is 4.79 Å². The van der Waals surface area contributed by atoms with Crippen molar-refractivity contribution in [2.45, 2.75) is 0 Å². The molecule has 0 atom stereocenters. The molecule has 33 heavy (non-hydrogen) atoms. The van der Waals surface area contributed by atoms with Gasteiger partial charge in [-0.15, -0.1) is 0 Å². The van der Waals surface area contributed by atoms with Crippen molar-refractivity contribution in [3.8, 4) is 40.1 Å². The number of fused-ring (bicyclic) bond motifs is 2. The van der Waals surface area contributed by atoms with E-state index in [1.165, 1.54) is 24.5 Å². The van der Waals surface area contributed by atoms with E-state index in [4.69, 9.17) is 9.15 Å². The van der Waals surface area contributed by atoms with Crippen molar-refractivity contribution in [2.75, 3.05) is 0 Å². The minimum Gasteiger partial charge on any atom is -0.508 e. The smallest absolute Gasteiger partial charge is 0.343 e. The zero-order valence-corrected chi connectivity index (χ0v) is 16.6. The third-order valence-corrected chi connectivity index (χ3v) is 5.01. The molecule has 0 unspecified atom stereocenters. The van der Waals surface area contributed by atoms with Gasteiger partial charge < -0.3 is 34.6 Å². The number of aromatic nitrogens is 2. The highest BCUT2D eigenvalue weighted by Crippen LogP contribution is 2.38. The predicted molar refractivity (Wildman–Crippen MR) is 116 cm³/mol. The van der Waals surface area contributed by atoms with Crippen molar-refractivity contribution in [2.24, 2.45) is 0 Å². The largest absolute Gasteiger partial charge is 0.508 e. The average molecular weight is 446 g/mol. The maximum atomic E-state index is 13.2. The van der Waals surface area contributed by atoms with Crippen molar-refractivity contribution in [3.63, 3.8) is 0 Å². The van der Waals surface area contributed by atoms with E-state index in [0.717, 1.165) is 24.3 Å². The molecule has 3 aromatic carbocycles. The normalized spacial score (nSPS) is 11.2. The van der Waals surface area contributed by atoms with Gasteiger partial charge in [0.25, 0.3) is 0 Å². The third kappa shape index (κ3) is 3.35. The Hall–Kier alpha value is -4.99. The van der Waals surface area contributed by atoms with Gasteiger partial charge in [0.2, 0.25) is 11.2 Å². The summed E-state index contributed by atoms with van der Waals surface area (Å²) < 4.78 is 11.1. The predicted octanol–water partition coefficient (Wildman–Crippen LogP) is 3.38. The molecule has 10 nitrogen and oxygen atoms in total. The van der Waals surface area contributed by atoms with E-state index in [9.17, 15) is 30.0 Å². The van der Waals surface area contributed by atoms with E-state index < -0.39 is 34.4 Å². The number of benzene rings is 3. The Morgan fingerprint density at radius 2 is 1.76 bits per heavy atom. The Labute approximate surface area is 183 Å². The number of phenols is 4. The molecule has 0 aliphatic rings. The summed E-state index contributed by atoms with van der Waals surface area (Å²) in [6, 6.07) is 10.2. The summed E-state index contributed by atoms with van der Waals surface area (Å²) in [6.07, 6.45) is 1.46. The number of ether oxygens (including phenoxy) is 1. The fraction of sp³-hybridized carbons (Fsp3) is 0. The highest BCUT2D eigenvalue weighted by atomic mass is 16.5. The Balaban J connectivity index is 1.71. The van der Waals surface area contributed by atoms with Gasteiger partial charge in [-0.1, -0.05) is 0 Å². The first-order chi connectivity index (χ1) is 15.8. The first-order valence-electron chi connectivity index (χ1n) is 9.52. The van der Waals surface area contributed by atoms with Gasteiger partial charge in [0.1, 0.15) is 22.5 Å². The molecule has 0 fully saturated rings.